The van der Waals surface area contributed by atoms with Gasteiger partial charge < -0.3 is 14.8 Å². The summed E-state index contributed by atoms with van der Waals surface area (Å²) < 4.78 is 63.9. The van der Waals surface area contributed by atoms with E-state index in [0.717, 1.165) is 12.1 Å². The van der Waals surface area contributed by atoms with Crippen molar-refractivity contribution in [3.8, 4) is 11.5 Å². The molecule has 2 rings (SSSR count). The van der Waals surface area contributed by atoms with Crippen LogP contribution < -0.4 is 14.8 Å². The average molecular weight is 442 g/mol. The normalized spacial score (nSPS) is 11.4. The first kappa shape index (κ1) is 23.6. The maximum absolute atomic E-state index is 13.6. The quantitative estimate of drug-likeness (QED) is 0.610. The molecule has 0 aliphatic rings. The zero-order valence-electron chi connectivity index (χ0n) is 16.9. The van der Waals surface area contributed by atoms with Crippen LogP contribution >= 0.6 is 0 Å². The fraction of sp³-hybridized carbons (Fsp3) is 0.350. The van der Waals surface area contributed by atoms with Gasteiger partial charge in [-0.15, -0.1) is 0 Å². The lowest BCUT2D eigenvalue weighted by molar-refractivity contribution is -0.118. The summed E-state index contributed by atoms with van der Waals surface area (Å²) in [6, 6.07) is 6.87. The number of amides is 1. The van der Waals surface area contributed by atoms with Gasteiger partial charge in [-0.2, -0.15) is 4.31 Å². The third-order valence-corrected chi connectivity index (χ3v) is 6.17. The standard InChI is InChI=1S/C20H24F2N2O5S/c1-4-24(5-2)30(26,27)15-8-10-19(28-6-3)17(12-15)23-20(25)13-29-18-9-7-14(21)11-16(18)22/h7-12H,4-6,13H2,1-3H3,(H,23,25). The summed E-state index contributed by atoms with van der Waals surface area (Å²) in [4.78, 5) is 12.3. The summed E-state index contributed by atoms with van der Waals surface area (Å²) in [5, 5.41) is 2.52. The molecule has 0 unspecified atom stereocenters. The van der Waals surface area contributed by atoms with Crippen LogP contribution in [-0.4, -0.2) is 44.9 Å². The Morgan fingerprint density at radius 1 is 1.00 bits per heavy atom. The molecule has 164 valence electrons. The molecule has 7 nitrogen and oxygen atoms in total. The molecule has 0 bridgehead atoms. The van der Waals surface area contributed by atoms with Gasteiger partial charge in [0, 0.05) is 19.2 Å². The summed E-state index contributed by atoms with van der Waals surface area (Å²) in [5.74, 6) is -2.38. The zero-order valence-corrected chi connectivity index (χ0v) is 17.8. The number of nitrogens with zero attached hydrogens (tertiary/aromatic N) is 1. The molecule has 10 heteroatoms. The van der Waals surface area contributed by atoms with Crippen molar-refractivity contribution in [1.82, 2.24) is 4.31 Å². The molecule has 0 radical (unpaired) electrons. The highest BCUT2D eigenvalue weighted by molar-refractivity contribution is 7.89. The lowest BCUT2D eigenvalue weighted by atomic mass is 10.3. The fourth-order valence-corrected chi connectivity index (χ4v) is 4.17. The number of nitrogens with one attached hydrogen (secondary N) is 1. The maximum atomic E-state index is 13.6. The molecule has 1 amide bonds. The van der Waals surface area contributed by atoms with Crippen LogP contribution in [0.4, 0.5) is 14.5 Å². The van der Waals surface area contributed by atoms with E-state index in [1.54, 1.807) is 20.8 Å². The summed E-state index contributed by atoms with van der Waals surface area (Å²) in [6.45, 7) is 5.51. The minimum absolute atomic E-state index is 0.00421. The van der Waals surface area contributed by atoms with Gasteiger partial charge in [-0.1, -0.05) is 13.8 Å². The number of anilines is 1. The number of halogens is 2. The molecular formula is C20H24F2N2O5S. The topological polar surface area (TPSA) is 84.9 Å². The molecule has 0 heterocycles. The molecule has 1 N–H and O–H groups in total. The first-order valence-electron chi connectivity index (χ1n) is 9.37. The van der Waals surface area contributed by atoms with Gasteiger partial charge in [0.25, 0.3) is 5.91 Å². The second-order valence-corrected chi connectivity index (χ2v) is 8.03. The molecule has 30 heavy (non-hydrogen) atoms. The fourth-order valence-electron chi connectivity index (χ4n) is 2.68. The van der Waals surface area contributed by atoms with Gasteiger partial charge in [0.15, 0.2) is 18.2 Å². The summed E-state index contributed by atoms with van der Waals surface area (Å²) >= 11 is 0. The number of sulfonamides is 1. The van der Waals surface area contributed by atoms with Gasteiger partial charge in [0.05, 0.1) is 17.2 Å². The van der Waals surface area contributed by atoms with Gasteiger partial charge >= 0.3 is 0 Å². The Labute approximate surface area is 174 Å². The lowest BCUT2D eigenvalue weighted by Gasteiger charge is -2.20. The molecule has 0 aliphatic carbocycles. The predicted octanol–water partition coefficient (Wildman–Crippen LogP) is 3.41. The van der Waals surface area contributed by atoms with E-state index < -0.39 is 34.2 Å². The monoisotopic (exact) mass is 442 g/mol. The zero-order chi connectivity index (χ0) is 22.3. The van der Waals surface area contributed by atoms with E-state index in [1.165, 1.54) is 22.5 Å². The number of benzene rings is 2. The molecule has 2 aromatic rings. The van der Waals surface area contributed by atoms with Gasteiger partial charge in [-0.05, 0) is 37.3 Å². The van der Waals surface area contributed by atoms with Gasteiger partial charge in [0.1, 0.15) is 11.6 Å². The minimum atomic E-state index is -3.75. The Morgan fingerprint density at radius 2 is 1.67 bits per heavy atom. The van der Waals surface area contributed by atoms with Gasteiger partial charge in [-0.25, -0.2) is 17.2 Å². The van der Waals surface area contributed by atoms with E-state index in [4.69, 9.17) is 9.47 Å². The largest absolute Gasteiger partial charge is 0.492 e. The molecule has 0 spiro atoms. The van der Waals surface area contributed by atoms with E-state index >= 15 is 0 Å². The molecule has 0 aliphatic heterocycles. The smallest absolute Gasteiger partial charge is 0.262 e. The molecule has 0 atom stereocenters. The Hall–Kier alpha value is -2.72. The third-order valence-electron chi connectivity index (χ3n) is 4.12. The van der Waals surface area contributed by atoms with Crippen LogP contribution in [0, 0.1) is 11.6 Å². The average Bonchev–Trinajstić information content (AvgIpc) is 2.69. The van der Waals surface area contributed by atoms with Gasteiger partial charge in [-0.3, -0.25) is 4.79 Å². The summed E-state index contributed by atoms with van der Waals surface area (Å²) in [5.41, 5.74) is 0.137. The molecule has 0 fully saturated rings. The van der Waals surface area contributed by atoms with E-state index in [9.17, 15) is 22.0 Å². The van der Waals surface area contributed by atoms with Crippen LogP contribution in [0.25, 0.3) is 0 Å². The second-order valence-electron chi connectivity index (χ2n) is 6.09. The Balaban J connectivity index is 2.22. The van der Waals surface area contributed by atoms with E-state index in [-0.39, 0.29) is 22.1 Å². The summed E-state index contributed by atoms with van der Waals surface area (Å²) in [7, 11) is -3.75. The number of carbonyl (C=O) groups excluding carboxylic acids is 1. The van der Waals surface area contributed by atoms with Crippen LogP contribution in [0.3, 0.4) is 0 Å². The molecular weight excluding hydrogens is 418 g/mol. The molecule has 0 saturated carbocycles. The van der Waals surface area contributed by atoms with Crippen molar-refractivity contribution in [2.24, 2.45) is 0 Å². The van der Waals surface area contributed by atoms with E-state index in [2.05, 4.69) is 5.32 Å². The van der Waals surface area contributed by atoms with E-state index in [1.807, 2.05) is 0 Å². The third kappa shape index (κ3) is 5.67. The predicted molar refractivity (Wildman–Crippen MR) is 108 cm³/mol. The highest BCUT2D eigenvalue weighted by Crippen LogP contribution is 2.29. The van der Waals surface area contributed by atoms with E-state index in [0.29, 0.717) is 25.8 Å². The highest BCUT2D eigenvalue weighted by atomic mass is 32.2. The van der Waals surface area contributed by atoms with Crippen molar-refractivity contribution in [1.29, 1.82) is 0 Å². The lowest BCUT2D eigenvalue weighted by Crippen LogP contribution is -2.30. The molecule has 2 aromatic carbocycles. The first-order chi connectivity index (χ1) is 14.2. The van der Waals surface area contributed by atoms with Gasteiger partial charge in [0.2, 0.25) is 10.0 Å². The molecule has 0 aromatic heterocycles. The first-order valence-corrected chi connectivity index (χ1v) is 10.8. The highest BCUT2D eigenvalue weighted by Gasteiger charge is 2.23. The van der Waals surface area contributed by atoms with Crippen molar-refractivity contribution in [3.05, 3.63) is 48.0 Å². The SMILES string of the molecule is CCOc1ccc(S(=O)(=O)N(CC)CC)cc1NC(=O)COc1ccc(F)cc1F. The Bertz CT molecular complexity index is 995. The Kier molecular flexibility index (Phi) is 8.13. The van der Waals surface area contributed by atoms with Crippen molar-refractivity contribution >= 4 is 21.6 Å². The summed E-state index contributed by atoms with van der Waals surface area (Å²) in [6.07, 6.45) is 0. The van der Waals surface area contributed by atoms with Crippen LogP contribution in [-0.2, 0) is 14.8 Å². The number of carbonyl (C=O) groups is 1. The molecule has 0 saturated heterocycles. The van der Waals surface area contributed by atoms with Crippen molar-refractivity contribution in [3.63, 3.8) is 0 Å². The van der Waals surface area contributed by atoms with Crippen LogP contribution in [0.2, 0.25) is 0 Å². The number of hydrogen-bond acceptors (Lipinski definition) is 5. The van der Waals surface area contributed by atoms with Crippen LogP contribution in [0.5, 0.6) is 11.5 Å². The number of hydrogen-bond donors (Lipinski definition) is 1. The minimum Gasteiger partial charge on any atom is -0.492 e. The maximum Gasteiger partial charge on any atom is 0.262 e. The second kappa shape index (κ2) is 10.4. The number of ether oxygens (including phenoxy) is 2. The van der Waals surface area contributed by atoms with Crippen molar-refractivity contribution in [2.45, 2.75) is 25.7 Å². The van der Waals surface area contributed by atoms with Crippen LogP contribution in [0.1, 0.15) is 20.8 Å². The van der Waals surface area contributed by atoms with Crippen molar-refractivity contribution in [2.75, 3.05) is 31.6 Å². The van der Waals surface area contributed by atoms with Crippen molar-refractivity contribution < 1.29 is 31.5 Å². The van der Waals surface area contributed by atoms with Crippen LogP contribution in [0.15, 0.2) is 41.3 Å². The number of rotatable bonds is 10. The Morgan fingerprint density at radius 3 is 2.27 bits per heavy atom.